The summed E-state index contributed by atoms with van der Waals surface area (Å²) in [6.45, 7) is 7.29. The first-order valence-electron chi connectivity index (χ1n) is 6.23. The Bertz CT molecular complexity index is 479. The molecule has 1 aliphatic heterocycles. The Labute approximate surface area is 107 Å². The molecule has 3 N–H and O–H groups in total. The summed E-state index contributed by atoms with van der Waals surface area (Å²) in [5.74, 6) is 1.72. The predicted octanol–water partition coefficient (Wildman–Crippen LogP) is 1.06. The van der Waals surface area contributed by atoms with Gasteiger partial charge in [0.05, 0.1) is 11.3 Å². The van der Waals surface area contributed by atoms with Crippen LogP contribution < -0.4 is 10.6 Å². The zero-order chi connectivity index (χ0) is 13.4. The van der Waals surface area contributed by atoms with Gasteiger partial charge in [0.25, 0.3) is 0 Å². The number of nitrogens with zero attached hydrogens (tertiary/aromatic N) is 4. The highest BCUT2D eigenvalue weighted by molar-refractivity contribution is 6.02. The van der Waals surface area contributed by atoms with Crippen LogP contribution in [0.5, 0.6) is 0 Å². The molecule has 1 fully saturated rings. The first kappa shape index (κ1) is 12.7. The Morgan fingerprint density at radius 3 is 2.67 bits per heavy atom. The average Bonchev–Trinajstić information content (AvgIpc) is 2.77. The zero-order valence-electron chi connectivity index (χ0n) is 11.4. The Morgan fingerprint density at radius 1 is 1.50 bits per heavy atom. The van der Waals surface area contributed by atoms with Gasteiger partial charge in [-0.15, -0.1) is 0 Å². The molecule has 2 heterocycles. The van der Waals surface area contributed by atoms with Gasteiger partial charge in [0.2, 0.25) is 0 Å². The monoisotopic (exact) mass is 251 g/mol. The lowest BCUT2D eigenvalue weighted by Gasteiger charge is -2.24. The molecule has 2 unspecified atom stereocenters. The number of anilines is 1. The normalized spacial score (nSPS) is 24.9. The van der Waals surface area contributed by atoms with Crippen LogP contribution in [0.2, 0.25) is 0 Å². The summed E-state index contributed by atoms with van der Waals surface area (Å²) >= 11 is 0. The fourth-order valence-corrected chi connectivity index (χ4v) is 2.92. The fourth-order valence-electron chi connectivity index (χ4n) is 2.92. The van der Waals surface area contributed by atoms with Crippen LogP contribution in [0.15, 0.2) is 5.16 Å². The Morgan fingerprint density at radius 2 is 2.17 bits per heavy atom. The van der Waals surface area contributed by atoms with Crippen molar-refractivity contribution < 1.29 is 5.21 Å². The second kappa shape index (κ2) is 4.51. The number of aryl methyl sites for hydroxylation is 2. The van der Waals surface area contributed by atoms with Crippen LogP contribution in [0.3, 0.4) is 0 Å². The van der Waals surface area contributed by atoms with E-state index in [2.05, 4.69) is 29.0 Å². The van der Waals surface area contributed by atoms with Gasteiger partial charge in [-0.05, 0) is 26.2 Å². The summed E-state index contributed by atoms with van der Waals surface area (Å²) in [7, 11) is 1.90. The molecule has 0 aliphatic carbocycles. The quantitative estimate of drug-likeness (QED) is 0.356. The number of oxime groups is 1. The van der Waals surface area contributed by atoms with Crippen LogP contribution in [0, 0.1) is 12.8 Å². The summed E-state index contributed by atoms with van der Waals surface area (Å²) in [6, 6.07) is 0.444. The topological polar surface area (TPSA) is 79.7 Å². The molecule has 6 nitrogen and oxygen atoms in total. The van der Waals surface area contributed by atoms with Crippen molar-refractivity contribution in [2.45, 2.75) is 33.2 Å². The summed E-state index contributed by atoms with van der Waals surface area (Å²) in [5.41, 5.74) is 7.30. The van der Waals surface area contributed by atoms with E-state index in [4.69, 9.17) is 10.9 Å². The SMILES string of the molecule is Cc1nn(C)c(N2CC(C)CC2C)c1C(N)=NO. The van der Waals surface area contributed by atoms with Crippen LogP contribution in [0.25, 0.3) is 0 Å². The third-order valence-corrected chi connectivity index (χ3v) is 3.61. The standard InChI is InChI=1S/C12H21N5O/c1-7-5-8(2)17(6-7)12-10(11(13)15-18)9(3)14-16(12)4/h7-8,18H,5-6H2,1-4H3,(H2,13,15). The summed E-state index contributed by atoms with van der Waals surface area (Å²) < 4.78 is 1.82. The maximum atomic E-state index is 8.91. The van der Waals surface area contributed by atoms with Crippen molar-refractivity contribution in [3.05, 3.63) is 11.3 Å². The third-order valence-electron chi connectivity index (χ3n) is 3.61. The highest BCUT2D eigenvalue weighted by Gasteiger charge is 2.31. The molecule has 2 rings (SSSR count). The fraction of sp³-hybridized carbons (Fsp3) is 0.667. The molecule has 0 aromatic carbocycles. The second-order valence-corrected chi connectivity index (χ2v) is 5.24. The summed E-state index contributed by atoms with van der Waals surface area (Å²) in [6.07, 6.45) is 1.15. The van der Waals surface area contributed by atoms with Crippen molar-refractivity contribution >= 4 is 11.7 Å². The van der Waals surface area contributed by atoms with Crippen LogP contribution in [0.1, 0.15) is 31.5 Å². The van der Waals surface area contributed by atoms with E-state index >= 15 is 0 Å². The van der Waals surface area contributed by atoms with Gasteiger partial charge < -0.3 is 15.8 Å². The first-order valence-corrected chi connectivity index (χ1v) is 6.23. The minimum absolute atomic E-state index is 0.127. The van der Waals surface area contributed by atoms with Gasteiger partial charge >= 0.3 is 0 Å². The molecule has 1 aromatic rings. The van der Waals surface area contributed by atoms with E-state index in [1.807, 2.05) is 18.7 Å². The lowest BCUT2D eigenvalue weighted by molar-refractivity contribution is 0.318. The van der Waals surface area contributed by atoms with E-state index in [0.29, 0.717) is 12.0 Å². The number of amidine groups is 1. The molecule has 1 saturated heterocycles. The van der Waals surface area contributed by atoms with E-state index in [9.17, 15) is 0 Å². The zero-order valence-corrected chi connectivity index (χ0v) is 11.4. The van der Waals surface area contributed by atoms with Gasteiger partial charge in [0.1, 0.15) is 5.82 Å². The molecule has 6 heteroatoms. The van der Waals surface area contributed by atoms with Crippen molar-refractivity contribution in [3.63, 3.8) is 0 Å². The van der Waals surface area contributed by atoms with Crippen LogP contribution in [0.4, 0.5) is 5.82 Å². The van der Waals surface area contributed by atoms with Crippen molar-refractivity contribution in [1.29, 1.82) is 0 Å². The smallest absolute Gasteiger partial charge is 0.175 e. The Kier molecular flexibility index (Phi) is 3.19. The summed E-state index contributed by atoms with van der Waals surface area (Å²) in [4.78, 5) is 2.29. The third kappa shape index (κ3) is 1.91. The minimum Gasteiger partial charge on any atom is -0.409 e. The highest BCUT2D eigenvalue weighted by atomic mass is 16.4. The molecule has 100 valence electrons. The Hall–Kier alpha value is -1.72. The van der Waals surface area contributed by atoms with Gasteiger partial charge in [-0.1, -0.05) is 12.1 Å². The van der Waals surface area contributed by atoms with Gasteiger partial charge in [-0.25, -0.2) is 0 Å². The van der Waals surface area contributed by atoms with E-state index in [1.54, 1.807) is 0 Å². The number of hydrogen-bond donors (Lipinski definition) is 2. The minimum atomic E-state index is 0.127. The number of rotatable bonds is 2. The molecule has 0 bridgehead atoms. The van der Waals surface area contributed by atoms with E-state index in [1.165, 1.54) is 0 Å². The molecule has 0 saturated carbocycles. The maximum Gasteiger partial charge on any atom is 0.175 e. The molecule has 18 heavy (non-hydrogen) atoms. The van der Waals surface area contributed by atoms with E-state index in [-0.39, 0.29) is 5.84 Å². The van der Waals surface area contributed by atoms with Gasteiger partial charge in [0.15, 0.2) is 5.84 Å². The average molecular weight is 251 g/mol. The highest BCUT2D eigenvalue weighted by Crippen LogP contribution is 2.32. The lowest BCUT2D eigenvalue weighted by Crippen LogP contribution is -2.31. The first-order chi connectivity index (χ1) is 8.45. The lowest BCUT2D eigenvalue weighted by atomic mass is 10.1. The Balaban J connectivity index is 2.50. The largest absolute Gasteiger partial charge is 0.409 e. The predicted molar refractivity (Wildman–Crippen MR) is 71.0 cm³/mol. The van der Waals surface area contributed by atoms with Crippen LogP contribution in [-0.4, -0.2) is 33.4 Å². The van der Waals surface area contributed by atoms with E-state index in [0.717, 1.165) is 30.0 Å². The van der Waals surface area contributed by atoms with Crippen molar-refractivity contribution in [2.24, 2.45) is 23.9 Å². The van der Waals surface area contributed by atoms with Crippen molar-refractivity contribution in [3.8, 4) is 0 Å². The van der Waals surface area contributed by atoms with Gasteiger partial charge in [0, 0.05) is 19.6 Å². The van der Waals surface area contributed by atoms with E-state index < -0.39 is 0 Å². The van der Waals surface area contributed by atoms with Crippen molar-refractivity contribution in [2.75, 3.05) is 11.4 Å². The summed E-state index contributed by atoms with van der Waals surface area (Å²) in [5, 5.41) is 16.4. The molecule has 2 atom stereocenters. The van der Waals surface area contributed by atoms with Crippen LogP contribution >= 0.6 is 0 Å². The molecule has 0 spiro atoms. The van der Waals surface area contributed by atoms with Gasteiger partial charge in [-0.2, -0.15) is 5.10 Å². The molecular formula is C12H21N5O. The molecular weight excluding hydrogens is 230 g/mol. The van der Waals surface area contributed by atoms with Crippen LogP contribution in [-0.2, 0) is 7.05 Å². The number of nitrogens with two attached hydrogens (primary N) is 1. The number of hydrogen-bond acceptors (Lipinski definition) is 4. The molecule has 1 aromatic heterocycles. The molecule has 0 amide bonds. The maximum absolute atomic E-state index is 8.91. The molecule has 1 aliphatic rings. The number of aromatic nitrogens is 2. The van der Waals surface area contributed by atoms with Gasteiger partial charge in [-0.3, -0.25) is 4.68 Å². The van der Waals surface area contributed by atoms with Crippen molar-refractivity contribution in [1.82, 2.24) is 9.78 Å². The second-order valence-electron chi connectivity index (χ2n) is 5.24. The molecule has 0 radical (unpaired) electrons.